The van der Waals surface area contributed by atoms with E-state index in [2.05, 4.69) is 13.8 Å². The van der Waals surface area contributed by atoms with Crippen LogP contribution in [0.2, 0.25) is 0 Å². The van der Waals surface area contributed by atoms with Crippen molar-refractivity contribution in [3.05, 3.63) is 35.9 Å². The number of nitrogens with two attached hydrogens (primary N) is 1. The van der Waals surface area contributed by atoms with Gasteiger partial charge in [0.2, 0.25) is 5.91 Å². The van der Waals surface area contributed by atoms with Crippen LogP contribution in [0.25, 0.3) is 0 Å². The molecule has 1 aromatic carbocycles. The summed E-state index contributed by atoms with van der Waals surface area (Å²) in [4.78, 5) is 34.4. The van der Waals surface area contributed by atoms with Gasteiger partial charge in [0.15, 0.2) is 0 Å². The fraction of sp³-hybridized carbons (Fsp3) is 0.667. The third kappa shape index (κ3) is 12.0. The standard InChI is InChI=1S/C18H28N2O3.C9H16O/c1-2-3-4-5-6-10-13-17(21)20(19)16(18(22)23)14-15-11-8-7-9-12-15;1-2-3-4-5-8-6-7-9(8)10/h7-9,11-12,16H,2-6,10,13-14,19H2,1H3,(H,22,23);8H,2-7H2,1H3. The largest absolute Gasteiger partial charge is 0.480 e. The van der Waals surface area contributed by atoms with Crippen LogP contribution in [-0.4, -0.2) is 33.8 Å². The number of hydrogen-bond acceptors (Lipinski definition) is 4. The minimum absolute atomic E-state index is 0.217. The van der Waals surface area contributed by atoms with Gasteiger partial charge in [0, 0.05) is 25.2 Å². The van der Waals surface area contributed by atoms with E-state index in [9.17, 15) is 19.5 Å². The minimum Gasteiger partial charge on any atom is -0.480 e. The lowest BCUT2D eigenvalue weighted by Crippen LogP contribution is -2.50. The molecular formula is C27H44N2O4. The number of carbonyl (C=O) groups excluding carboxylic acids is 2. The number of aliphatic carboxylic acids is 1. The first-order valence-corrected chi connectivity index (χ1v) is 12.8. The Morgan fingerprint density at radius 3 is 2.15 bits per heavy atom. The number of carboxylic acid groups (broad SMARTS) is 1. The molecule has 2 atom stereocenters. The molecule has 0 radical (unpaired) electrons. The number of Topliss-reactive ketones (excluding diaryl/α,β-unsaturated/α-hetero) is 1. The molecule has 6 nitrogen and oxygen atoms in total. The smallest absolute Gasteiger partial charge is 0.328 e. The second kappa shape index (κ2) is 17.3. The van der Waals surface area contributed by atoms with Gasteiger partial charge in [-0.2, -0.15) is 0 Å². The van der Waals surface area contributed by atoms with Crippen molar-refractivity contribution >= 4 is 17.7 Å². The number of ketones is 1. The fourth-order valence-electron chi connectivity index (χ4n) is 3.91. The molecule has 1 aliphatic rings. The highest BCUT2D eigenvalue weighted by Crippen LogP contribution is 2.27. The fourth-order valence-corrected chi connectivity index (χ4v) is 3.91. The topological polar surface area (TPSA) is 101 Å². The van der Waals surface area contributed by atoms with Crippen LogP contribution >= 0.6 is 0 Å². The van der Waals surface area contributed by atoms with Crippen molar-refractivity contribution in [3.63, 3.8) is 0 Å². The Hall–Kier alpha value is -2.21. The number of carboxylic acids is 1. The van der Waals surface area contributed by atoms with Gasteiger partial charge in [-0.05, 0) is 24.8 Å². The maximum Gasteiger partial charge on any atom is 0.328 e. The van der Waals surface area contributed by atoms with E-state index in [1.165, 1.54) is 44.9 Å². The second-order valence-electron chi connectivity index (χ2n) is 9.06. The lowest BCUT2D eigenvalue weighted by atomic mass is 9.80. The van der Waals surface area contributed by atoms with Crippen molar-refractivity contribution in [2.45, 2.75) is 110 Å². The van der Waals surface area contributed by atoms with E-state index in [-0.39, 0.29) is 12.3 Å². The molecule has 33 heavy (non-hydrogen) atoms. The third-order valence-electron chi connectivity index (χ3n) is 6.28. The summed E-state index contributed by atoms with van der Waals surface area (Å²) in [7, 11) is 0. The van der Waals surface area contributed by atoms with Gasteiger partial charge in [0.05, 0.1) is 0 Å². The summed E-state index contributed by atoms with van der Waals surface area (Å²) < 4.78 is 0. The summed E-state index contributed by atoms with van der Waals surface area (Å²) in [6.07, 6.45) is 14.0. The first-order chi connectivity index (χ1) is 15.9. The second-order valence-corrected chi connectivity index (χ2v) is 9.06. The highest BCUT2D eigenvalue weighted by Gasteiger charge is 2.27. The maximum absolute atomic E-state index is 12.1. The van der Waals surface area contributed by atoms with Crippen molar-refractivity contribution in [2.24, 2.45) is 11.8 Å². The van der Waals surface area contributed by atoms with Gasteiger partial charge in [-0.3, -0.25) is 14.6 Å². The Morgan fingerprint density at radius 1 is 1.00 bits per heavy atom. The van der Waals surface area contributed by atoms with Gasteiger partial charge in [-0.15, -0.1) is 0 Å². The van der Waals surface area contributed by atoms with Gasteiger partial charge in [-0.1, -0.05) is 95.5 Å². The molecule has 0 aromatic heterocycles. The monoisotopic (exact) mass is 460 g/mol. The Labute approximate surface area is 199 Å². The summed E-state index contributed by atoms with van der Waals surface area (Å²) in [5.41, 5.74) is 0.850. The number of benzene rings is 1. The van der Waals surface area contributed by atoms with Crippen LogP contribution in [0.4, 0.5) is 0 Å². The number of nitrogens with zero attached hydrogens (tertiary/aromatic N) is 1. The molecule has 1 fully saturated rings. The summed E-state index contributed by atoms with van der Waals surface area (Å²) >= 11 is 0. The van der Waals surface area contributed by atoms with Crippen molar-refractivity contribution in [1.82, 2.24) is 5.01 Å². The van der Waals surface area contributed by atoms with Crippen molar-refractivity contribution < 1.29 is 19.5 Å². The zero-order chi connectivity index (χ0) is 24.5. The van der Waals surface area contributed by atoms with Crippen molar-refractivity contribution in [2.75, 3.05) is 0 Å². The molecule has 0 saturated heterocycles. The number of hydrogen-bond donors (Lipinski definition) is 2. The van der Waals surface area contributed by atoms with E-state index in [0.717, 1.165) is 42.7 Å². The quantitative estimate of drug-likeness (QED) is 0.152. The molecule has 2 rings (SSSR count). The average molecular weight is 461 g/mol. The van der Waals surface area contributed by atoms with Crippen LogP contribution in [-0.2, 0) is 20.8 Å². The van der Waals surface area contributed by atoms with Gasteiger partial charge in [0.1, 0.15) is 11.8 Å². The Balaban J connectivity index is 0.000000451. The lowest BCUT2D eigenvalue weighted by Gasteiger charge is -2.24. The Kier molecular flexibility index (Phi) is 15.1. The van der Waals surface area contributed by atoms with E-state index in [0.29, 0.717) is 18.1 Å². The molecule has 6 heteroatoms. The molecular weight excluding hydrogens is 416 g/mol. The van der Waals surface area contributed by atoms with E-state index in [4.69, 9.17) is 5.84 Å². The summed E-state index contributed by atoms with van der Waals surface area (Å²) in [6.45, 7) is 4.36. The highest BCUT2D eigenvalue weighted by atomic mass is 16.4. The molecule has 0 heterocycles. The number of hydrazine groups is 1. The predicted molar refractivity (Wildman–Crippen MR) is 132 cm³/mol. The molecule has 1 amide bonds. The van der Waals surface area contributed by atoms with Crippen molar-refractivity contribution in [1.29, 1.82) is 0 Å². The van der Waals surface area contributed by atoms with E-state index >= 15 is 0 Å². The summed E-state index contributed by atoms with van der Waals surface area (Å²) in [6, 6.07) is 8.19. The lowest BCUT2D eigenvalue weighted by molar-refractivity contribution is -0.150. The van der Waals surface area contributed by atoms with Crippen LogP contribution in [0.1, 0.15) is 103 Å². The van der Waals surface area contributed by atoms with Crippen LogP contribution in [0.3, 0.4) is 0 Å². The summed E-state index contributed by atoms with van der Waals surface area (Å²) in [5.74, 6) is 5.37. The Morgan fingerprint density at radius 2 is 1.61 bits per heavy atom. The molecule has 186 valence electrons. The zero-order valence-corrected chi connectivity index (χ0v) is 20.6. The first kappa shape index (κ1) is 28.8. The number of carbonyl (C=O) groups is 3. The SMILES string of the molecule is CCCCCC1CCC1=O.CCCCCCCCC(=O)N(N)C(Cc1ccccc1)C(=O)O. The van der Waals surface area contributed by atoms with Crippen LogP contribution < -0.4 is 5.84 Å². The van der Waals surface area contributed by atoms with Gasteiger partial charge < -0.3 is 5.11 Å². The van der Waals surface area contributed by atoms with Crippen LogP contribution in [0, 0.1) is 5.92 Å². The maximum atomic E-state index is 12.1. The Bertz CT molecular complexity index is 693. The van der Waals surface area contributed by atoms with Gasteiger partial charge in [-0.25, -0.2) is 10.6 Å². The number of amides is 1. The molecule has 2 unspecified atom stereocenters. The average Bonchev–Trinajstić information content (AvgIpc) is 2.81. The molecule has 0 spiro atoms. The predicted octanol–water partition coefficient (Wildman–Crippen LogP) is 5.68. The minimum atomic E-state index is -1.08. The molecule has 1 aromatic rings. The normalized spacial score (nSPS) is 15.7. The zero-order valence-electron chi connectivity index (χ0n) is 20.6. The van der Waals surface area contributed by atoms with E-state index in [1.54, 1.807) is 0 Å². The first-order valence-electron chi connectivity index (χ1n) is 12.8. The third-order valence-corrected chi connectivity index (χ3v) is 6.28. The van der Waals surface area contributed by atoms with Crippen LogP contribution in [0.5, 0.6) is 0 Å². The number of unbranched alkanes of at least 4 members (excludes halogenated alkanes) is 7. The van der Waals surface area contributed by atoms with Crippen molar-refractivity contribution in [3.8, 4) is 0 Å². The molecule has 1 saturated carbocycles. The summed E-state index contributed by atoms with van der Waals surface area (Å²) in [5, 5.41) is 10.2. The molecule has 3 N–H and O–H groups in total. The number of rotatable bonds is 15. The van der Waals surface area contributed by atoms with Gasteiger partial charge in [0.25, 0.3) is 0 Å². The molecule has 1 aliphatic carbocycles. The highest BCUT2D eigenvalue weighted by molar-refractivity contribution is 5.86. The molecule has 0 aliphatic heterocycles. The van der Waals surface area contributed by atoms with Gasteiger partial charge >= 0.3 is 5.97 Å². The molecule has 0 bridgehead atoms. The van der Waals surface area contributed by atoms with E-state index in [1.807, 2.05) is 30.3 Å². The van der Waals surface area contributed by atoms with Crippen LogP contribution in [0.15, 0.2) is 30.3 Å². The van der Waals surface area contributed by atoms with E-state index < -0.39 is 12.0 Å².